The summed E-state index contributed by atoms with van der Waals surface area (Å²) in [6.07, 6.45) is 6.39. The van der Waals surface area contributed by atoms with Gasteiger partial charge in [0.1, 0.15) is 0 Å². The molecule has 2 fully saturated rings. The molecule has 112 valence electrons. The van der Waals surface area contributed by atoms with Gasteiger partial charge in [0, 0.05) is 31.7 Å². The van der Waals surface area contributed by atoms with Gasteiger partial charge in [-0.3, -0.25) is 0 Å². The Labute approximate surface area is 118 Å². The van der Waals surface area contributed by atoms with Crippen molar-refractivity contribution in [3.63, 3.8) is 0 Å². The number of piperidine rings is 1. The van der Waals surface area contributed by atoms with Crippen molar-refractivity contribution >= 4 is 0 Å². The zero-order chi connectivity index (χ0) is 13.9. The van der Waals surface area contributed by atoms with Crippen LogP contribution in [0.3, 0.4) is 0 Å². The van der Waals surface area contributed by atoms with E-state index < -0.39 is 0 Å². The minimum Gasteiger partial charge on any atom is -0.396 e. The lowest BCUT2D eigenvalue weighted by Crippen LogP contribution is -2.48. The van der Waals surface area contributed by atoms with Crippen LogP contribution in [0.5, 0.6) is 0 Å². The summed E-state index contributed by atoms with van der Waals surface area (Å²) < 4.78 is 0. The van der Waals surface area contributed by atoms with Crippen molar-refractivity contribution < 1.29 is 5.11 Å². The largest absolute Gasteiger partial charge is 0.396 e. The zero-order valence-electron chi connectivity index (χ0n) is 13.0. The van der Waals surface area contributed by atoms with E-state index in [0.717, 1.165) is 19.0 Å². The molecule has 1 saturated carbocycles. The van der Waals surface area contributed by atoms with Crippen LogP contribution in [0.25, 0.3) is 0 Å². The van der Waals surface area contributed by atoms with E-state index in [1.807, 2.05) is 0 Å². The van der Waals surface area contributed by atoms with Crippen molar-refractivity contribution in [3.05, 3.63) is 0 Å². The lowest BCUT2D eigenvalue weighted by atomic mass is 9.69. The normalized spacial score (nSPS) is 28.1. The van der Waals surface area contributed by atoms with Gasteiger partial charge in [-0.2, -0.15) is 0 Å². The van der Waals surface area contributed by atoms with E-state index in [-0.39, 0.29) is 5.41 Å². The summed E-state index contributed by atoms with van der Waals surface area (Å²) in [7, 11) is 2.24. The van der Waals surface area contributed by atoms with Crippen molar-refractivity contribution in [1.82, 2.24) is 10.2 Å². The highest BCUT2D eigenvalue weighted by molar-refractivity contribution is 4.91. The molecule has 1 atom stereocenters. The number of aliphatic hydroxyl groups excluding tert-OH is 1. The number of aliphatic hydroxyl groups is 1. The Bertz CT molecular complexity index is 281. The lowest BCUT2D eigenvalue weighted by Gasteiger charge is -2.43. The predicted molar refractivity (Wildman–Crippen MR) is 80.2 cm³/mol. The fourth-order valence-electron chi connectivity index (χ4n) is 3.67. The molecule has 1 aliphatic heterocycles. The number of nitrogens with zero attached hydrogens (tertiary/aromatic N) is 1. The van der Waals surface area contributed by atoms with Crippen molar-refractivity contribution in [2.75, 3.05) is 39.8 Å². The third-order valence-corrected chi connectivity index (χ3v) is 5.56. The van der Waals surface area contributed by atoms with Gasteiger partial charge in [-0.1, -0.05) is 20.3 Å². The third-order valence-electron chi connectivity index (χ3n) is 5.56. The van der Waals surface area contributed by atoms with Gasteiger partial charge in [-0.15, -0.1) is 0 Å². The summed E-state index contributed by atoms with van der Waals surface area (Å²) in [6, 6.07) is 0. The molecule has 1 heterocycles. The number of rotatable bonds is 6. The first-order valence-electron chi connectivity index (χ1n) is 7.98. The monoisotopic (exact) mass is 268 g/mol. The smallest absolute Gasteiger partial charge is 0.0499 e. The van der Waals surface area contributed by atoms with Gasteiger partial charge in [-0.25, -0.2) is 0 Å². The van der Waals surface area contributed by atoms with Crippen LogP contribution in [-0.2, 0) is 0 Å². The second kappa shape index (κ2) is 6.11. The van der Waals surface area contributed by atoms with E-state index in [2.05, 4.69) is 31.1 Å². The molecule has 2 N–H and O–H groups in total. The third kappa shape index (κ3) is 3.71. The van der Waals surface area contributed by atoms with E-state index in [1.54, 1.807) is 0 Å². The minimum atomic E-state index is 0.208. The molecule has 0 aromatic carbocycles. The summed E-state index contributed by atoms with van der Waals surface area (Å²) in [6.45, 7) is 9.72. The first kappa shape index (κ1) is 15.3. The van der Waals surface area contributed by atoms with Crippen LogP contribution in [0.4, 0.5) is 0 Å². The SMILES string of the molecule is CN1CCCC(C(C)(C)CNCC2(CO)CCC2)C1. The molecule has 1 unspecified atom stereocenters. The topological polar surface area (TPSA) is 35.5 Å². The van der Waals surface area contributed by atoms with Crippen molar-refractivity contribution in [2.45, 2.75) is 46.0 Å². The Balaban J connectivity index is 1.77. The second-order valence-corrected chi connectivity index (χ2v) is 7.71. The molecule has 19 heavy (non-hydrogen) atoms. The highest BCUT2D eigenvalue weighted by Crippen LogP contribution is 2.40. The van der Waals surface area contributed by atoms with Crippen molar-refractivity contribution in [3.8, 4) is 0 Å². The van der Waals surface area contributed by atoms with E-state index in [4.69, 9.17) is 0 Å². The quantitative estimate of drug-likeness (QED) is 0.774. The maximum Gasteiger partial charge on any atom is 0.0499 e. The van der Waals surface area contributed by atoms with E-state index in [1.165, 1.54) is 45.2 Å². The molecular weight excluding hydrogens is 236 g/mol. The summed E-state index contributed by atoms with van der Waals surface area (Å²) in [5.74, 6) is 0.796. The number of hydrogen-bond donors (Lipinski definition) is 2. The maximum absolute atomic E-state index is 9.50. The van der Waals surface area contributed by atoms with Crippen molar-refractivity contribution in [2.24, 2.45) is 16.7 Å². The van der Waals surface area contributed by atoms with Crippen LogP contribution in [0.1, 0.15) is 46.0 Å². The number of likely N-dealkylation sites (tertiary alicyclic amines) is 1. The van der Waals surface area contributed by atoms with Gasteiger partial charge in [0.2, 0.25) is 0 Å². The summed E-state index contributed by atoms with van der Waals surface area (Å²) in [5, 5.41) is 13.2. The molecular formula is C16H32N2O. The Morgan fingerprint density at radius 1 is 1.32 bits per heavy atom. The summed E-state index contributed by atoms with van der Waals surface area (Å²) in [4.78, 5) is 2.47. The van der Waals surface area contributed by atoms with E-state index in [0.29, 0.717) is 12.0 Å². The lowest BCUT2D eigenvalue weighted by molar-refractivity contribution is 0.0373. The van der Waals surface area contributed by atoms with Crippen LogP contribution in [0.2, 0.25) is 0 Å². The average Bonchev–Trinajstić information content (AvgIpc) is 2.32. The van der Waals surface area contributed by atoms with Crippen LogP contribution in [0.15, 0.2) is 0 Å². The Kier molecular flexibility index (Phi) is 4.91. The maximum atomic E-state index is 9.50. The molecule has 0 aromatic rings. The van der Waals surface area contributed by atoms with Gasteiger partial charge in [-0.05, 0) is 50.6 Å². The minimum absolute atomic E-state index is 0.208. The molecule has 0 aromatic heterocycles. The predicted octanol–water partition coefficient (Wildman–Crippen LogP) is 2.11. The molecule has 0 spiro atoms. The fourth-order valence-corrected chi connectivity index (χ4v) is 3.67. The van der Waals surface area contributed by atoms with Crippen LogP contribution in [0, 0.1) is 16.7 Å². The Hall–Kier alpha value is -0.120. The molecule has 2 rings (SSSR count). The average molecular weight is 268 g/mol. The van der Waals surface area contributed by atoms with Gasteiger partial charge in [0.25, 0.3) is 0 Å². The second-order valence-electron chi connectivity index (χ2n) is 7.71. The number of nitrogens with one attached hydrogen (secondary N) is 1. The molecule has 0 amide bonds. The molecule has 0 radical (unpaired) electrons. The summed E-state index contributed by atoms with van der Waals surface area (Å²) in [5.41, 5.74) is 0.564. The fraction of sp³-hybridized carbons (Fsp3) is 1.00. The highest BCUT2D eigenvalue weighted by Gasteiger charge is 2.37. The first-order valence-corrected chi connectivity index (χ1v) is 7.98. The van der Waals surface area contributed by atoms with Crippen LogP contribution in [-0.4, -0.2) is 49.8 Å². The molecule has 0 bridgehead atoms. The molecule has 1 aliphatic carbocycles. The Morgan fingerprint density at radius 3 is 2.58 bits per heavy atom. The van der Waals surface area contributed by atoms with E-state index >= 15 is 0 Å². The van der Waals surface area contributed by atoms with Crippen LogP contribution < -0.4 is 5.32 Å². The zero-order valence-corrected chi connectivity index (χ0v) is 13.0. The van der Waals surface area contributed by atoms with Gasteiger partial charge in [0.05, 0.1) is 0 Å². The first-order chi connectivity index (χ1) is 8.97. The summed E-state index contributed by atoms with van der Waals surface area (Å²) >= 11 is 0. The molecule has 2 aliphatic rings. The highest BCUT2D eigenvalue weighted by atomic mass is 16.3. The molecule has 3 nitrogen and oxygen atoms in total. The van der Waals surface area contributed by atoms with Crippen LogP contribution >= 0.6 is 0 Å². The molecule has 1 saturated heterocycles. The van der Waals surface area contributed by atoms with Gasteiger partial charge in [0.15, 0.2) is 0 Å². The van der Waals surface area contributed by atoms with Gasteiger partial charge >= 0.3 is 0 Å². The van der Waals surface area contributed by atoms with E-state index in [9.17, 15) is 5.11 Å². The molecule has 3 heteroatoms. The number of hydrogen-bond acceptors (Lipinski definition) is 3. The van der Waals surface area contributed by atoms with Gasteiger partial charge < -0.3 is 15.3 Å². The van der Waals surface area contributed by atoms with Crippen molar-refractivity contribution in [1.29, 1.82) is 0 Å². The Morgan fingerprint density at radius 2 is 2.05 bits per heavy atom. The standard InChI is InChI=1S/C16H32N2O/c1-15(2,14-6-4-9-18(3)10-14)11-17-12-16(13-19)7-5-8-16/h14,17,19H,4-13H2,1-3H3.